The van der Waals surface area contributed by atoms with Crippen molar-refractivity contribution in [2.75, 3.05) is 36.0 Å². The van der Waals surface area contributed by atoms with Gasteiger partial charge in [0.25, 0.3) is 0 Å². The molecule has 0 radical (unpaired) electrons. The van der Waals surface area contributed by atoms with Gasteiger partial charge in [-0.3, -0.25) is 0 Å². The average molecular weight is 266 g/mol. The summed E-state index contributed by atoms with van der Waals surface area (Å²) >= 11 is 0. The van der Waals surface area contributed by atoms with E-state index in [-0.39, 0.29) is 0 Å². The van der Waals surface area contributed by atoms with E-state index < -0.39 is 0 Å². The van der Waals surface area contributed by atoms with Crippen LogP contribution in [0, 0.1) is 11.3 Å². The molecular weight excluding hydrogens is 252 g/mol. The number of aromatic nitrogens is 3. The Morgan fingerprint density at radius 1 is 1.05 bits per heavy atom. The van der Waals surface area contributed by atoms with E-state index in [2.05, 4.69) is 25.0 Å². The van der Waals surface area contributed by atoms with Gasteiger partial charge in [0.05, 0.1) is 11.9 Å². The van der Waals surface area contributed by atoms with Crippen LogP contribution in [0.1, 0.15) is 5.69 Å². The van der Waals surface area contributed by atoms with Gasteiger partial charge in [-0.15, -0.1) is 5.10 Å². The Morgan fingerprint density at radius 3 is 2.45 bits per heavy atom. The maximum atomic E-state index is 8.75. The molecular formula is C14H14N6. The van der Waals surface area contributed by atoms with Crippen LogP contribution in [0.25, 0.3) is 0 Å². The average Bonchev–Trinajstić information content (AvgIpc) is 2.56. The summed E-state index contributed by atoms with van der Waals surface area (Å²) in [6.07, 6.45) is 3.44. The minimum Gasteiger partial charge on any atom is -0.367 e. The molecule has 0 spiro atoms. The van der Waals surface area contributed by atoms with Crippen molar-refractivity contribution in [2.24, 2.45) is 0 Å². The molecule has 2 aromatic heterocycles. The van der Waals surface area contributed by atoms with Gasteiger partial charge in [0.15, 0.2) is 5.82 Å². The summed E-state index contributed by atoms with van der Waals surface area (Å²) < 4.78 is 0. The Kier molecular flexibility index (Phi) is 3.42. The number of hydrogen-bond acceptors (Lipinski definition) is 6. The summed E-state index contributed by atoms with van der Waals surface area (Å²) in [6.45, 7) is 3.62. The van der Waals surface area contributed by atoms with Crippen molar-refractivity contribution in [3.05, 3.63) is 42.4 Å². The molecule has 1 aliphatic heterocycles. The summed E-state index contributed by atoms with van der Waals surface area (Å²) in [4.78, 5) is 8.60. The van der Waals surface area contributed by atoms with E-state index in [1.165, 1.54) is 0 Å². The summed E-state index contributed by atoms with van der Waals surface area (Å²) in [5.74, 6) is 0.921. The molecule has 6 heteroatoms. The van der Waals surface area contributed by atoms with Crippen LogP contribution in [-0.2, 0) is 0 Å². The topological polar surface area (TPSA) is 68.9 Å². The number of anilines is 2. The third-order valence-electron chi connectivity index (χ3n) is 3.39. The van der Waals surface area contributed by atoms with Gasteiger partial charge in [0.1, 0.15) is 11.8 Å². The summed E-state index contributed by atoms with van der Waals surface area (Å²) in [5, 5.41) is 16.8. The number of nitrogens with zero attached hydrogens (tertiary/aromatic N) is 6. The van der Waals surface area contributed by atoms with Gasteiger partial charge in [-0.2, -0.15) is 10.4 Å². The molecule has 2 aromatic rings. The first-order valence-electron chi connectivity index (χ1n) is 6.50. The van der Waals surface area contributed by atoms with E-state index in [4.69, 9.17) is 5.26 Å². The minimum atomic E-state index is 0.451. The van der Waals surface area contributed by atoms with Crippen molar-refractivity contribution in [2.45, 2.75) is 0 Å². The third kappa shape index (κ3) is 2.52. The molecule has 0 atom stereocenters. The highest BCUT2D eigenvalue weighted by atomic mass is 15.3. The maximum Gasteiger partial charge on any atom is 0.151 e. The first kappa shape index (κ1) is 12.4. The summed E-state index contributed by atoms with van der Waals surface area (Å²) in [7, 11) is 0. The molecule has 20 heavy (non-hydrogen) atoms. The predicted octanol–water partition coefficient (Wildman–Crippen LogP) is 1.07. The lowest BCUT2D eigenvalue weighted by atomic mass is 10.2. The van der Waals surface area contributed by atoms with E-state index >= 15 is 0 Å². The van der Waals surface area contributed by atoms with E-state index in [0.717, 1.165) is 37.7 Å². The van der Waals surface area contributed by atoms with Crippen LogP contribution in [0.2, 0.25) is 0 Å². The fourth-order valence-corrected chi connectivity index (χ4v) is 2.30. The lowest BCUT2D eigenvalue weighted by molar-refractivity contribution is 0.643. The Morgan fingerprint density at radius 2 is 1.85 bits per heavy atom. The number of rotatable bonds is 2. The van der Waals surface area contributed by atoms with Crippen LogP contribution < -0.4 is 9.80 Å². The van der Waals surface area contributed by atoms with Crippen LogP contribution in [0.15, 0.2) is 36.7 Å². The molecule has 3 rings (SSSR count). The summed E-state index contributed by atoms with van der Waals surface area (Å²) in [5.41, 5.74) is 1.51. The van der Waals surface area contributed by atoms with Gasteiger partial charge < -0.3 is 9.80 Å². The van der Waals surface area contributed by atoms with Crippen molar-refractivity contribution in [1.82, 2.24) is 15.2 Å². The molecule has 6 nitrogen and oxygen atoms in total. The molecule has 0 amide bonds. The van der Waals surface area contributed by atoms with Crippen molar-refractivity contribution >= 4 is 11.5 Å². The fraction of sp³-hybridized carbons (Fsp3) is 0.286. The summed E-state index contributed by atoms with van der Waals surface area (Å²) in [6, 6.07) is 9.62. The first-order valence-corrected chi connectivity index (χ1v) is 6.50. The minimum absolute atomic E-state index is 0.451. The van der Waals surface area contributed by atoms with Gasteiger partial charge in [-0.1, -0.05) is 0 Å². The Labute approximate surface area is 117 Å². The zero-order valence-corrected chi connectivity index (χ0v) is 11.0. The largest absolute Gasteiger partial charge is 0.367 e. The fourth-order valence-electron chi connectivity index (χ4n) is 2.30. The second-order valence-corrected chi connectivity index (χ2v) is 4.57. The van der Waals surface area contributed by atoms with Crippen LogP contribution in [-0.4, -0.2) is 41.4 Å². The molecule has 0 unspecified atom stereocenters. The highest BCUT2D eigenvalue weighted by molar-refractivity contribution is 5.48. The van der Waals surface area contributed by atoms with E-state index in [0.29, 0.717) is 5.69 Å². The molecule has 0 aromatic carbocycles. The van der Waals surface area contributed by atoms with Crippen molar-refractivity contribution in [3.63, 3.8) is 0 Å². The van der Waals surface area contributed by atoms with Crippen LogP contribution in [0.4, 0.5) is 11.5 Å². The van der Waals surface area contributed by atoms with Gasteiger partial charge in [-0.05, 0) is 24.3 Å². The van der Waals surface area contributed by atoms with Crippen LogP contribution in [0.5, 0.6) is 0 Å². The Bertz CT molecular complexity index is 596. The lowest BCUT2D eigenvalue weighted by Crippen LogP contribution is -2.46. The molecule has 0 saturated carbocycles. The van der Waals surface area contributed by atoms with Crippen molar-refractivity contribution in [3.8, 4) is 6.07 Å². The van der Waals surface area contributed by atoms with Crippen LogP contribution >= 0.6 is 0 Å². The lowest BCUT2D eigenvalue weighted by Gasteiger charge is -2.36. The van der Waals surface area contributed by atoms with Crippen LogP contribution in [0.3, 0.4) is 0 Å². The molecule has 3 heterocycles. The van der Waals surface area contributed by atoms with Gasteiger partial charge >= 0.3 is 0 Å². The Hall–Kier alpha value is -2.68. The molecule has 1 aliphatic rings. The van der Waals surface area contributed by atoms with Crippen molar-refractivity contribution in [1.29, 1.82) is 5.26 Å². The van der Waals surface area contributed by atoms with Gasteiger partial charge in [-0.25, -0.2) is 4.98 Å². The monoisotopic (exact) mass is 266 g/mol. The standard InChI is InChI=1S/C14H14N6/c15-10-12-3-4-13(11-16-12)19-6-8-20(9-7-19)14-2-1-5-17-18-14/h1-5,11H,6-9H2. The molecule has 0 bridgehead atoms. The third-order valence-corrected chi connectivity index (χ3v) is 3.39. The zero-order chi connectivity index (χ0) is 13.8. The number of piperazine rings is 1. The highest BCUT2D eigenvalue weighted by Crippen LogP contribution is 2.18. The van der Waals surface area contributed by atoms with E-state index in [1.54, 1.807) is 18.5 Å². The molecule has 1 saturated heterocycles. The predicted molar refractivity (Wildman–Crippen MR) is 75.4 cm³/mol. The van der Waals surface area contributed by atoms with Gasteiger partial charge in [0.2, 0.25) is 0 Å². The molecule has 0 aliphatic carbocycles. The van der Waals surface area contributed by atoms with E-state index in [9.17, 15) is 0 Å². The smallest absolute Gasteiger partial charge is 0.151 e. The van der Waals surface area contributed by atoms with Gasteiger partial charge in [0, 0.05) is 32.4 Å². The molecule has 100 valence electrons. The normalized spacial score (nSPS) is 14.9. The zero-order valence-electron chi connectivity index (χ0n) is 11.0. The quantitative estimate of drug-likeness (QED) is 0.810. The second kappa shape index (κ2) is 5.53. The molecule has 1 fully saturated rings. The second-order valence-electron chi connectivity index (χ2n) is 4.57. The number of hydrogen-bond donors (Lipinski definition) is 0. The number of nitriles is 1. The number of pyridine rings is 1. The van der Waals surface area contributed by atoms with E-state index in [1.807, 2.05) is 24.3 Å². The first-order chi connectivity index (χ1) is 9.86. The Balaban J connectivity index is 1.65. The van der Waals surface area contributed by atoms with Crippen molar-refractivity contribution < 1.29 is 0 Å². The highest BCUT2D eigenvalue weighted by Gasteiger charge is 2.18. The maximum absolute atomic E-state index is 8.75. The molecule has 0 N–H and O–H groups in total. The SMILES string of the molecule is N#Cc1ccc(N2CCN(c3cccnn3)CC2)cn1.